The Balaban J connectivity index is 2.02. The van der Waals surface area contributed by atoms with Crippen LogP contribution >= 0.6 is 22.7 Å². The molecule has 0 atom stereocenters. The van der Waals surface area contributed by atoms with Gasteiger partial charge in [-0.25, -0.2) is 19.7 Å². The Kier molecular flexibility index (Phi) is 3.36. The van der Waals surface area contributed by atoms with Crippen LogP contribution < -0.4 is 0 Å². The number of thiophene rings is 2. The second-order valence-corrected chi connectivity index (χ2v) is 6.62. The van der Waals surface area contributed by atoms with Crippen molar-refractivity contribution >= 4 is 39.8 Å². The lowest BCUT2D eigenvalue weighted by atomic mass is 10.2. The van der Waals surface area contributed by atoms with Crippen LogP contribution in [0.2, 0.25) is 0 Å². The molecule has 112 valence electrons. The van der Waals surface area contributed by atoms with E-state index in [-0.39, 0.29) is 5.69 Å². The van der Waals surface area contributed by atoms with Crippen LogP contribution in [0.3, 0.4) is 0 Å². The van der Waals surface area contributed by atoms with Gasteiger partial charge in [0.2, 0.25) is 0 Å². The van der Waals surface area contributed by atoms with Crippen molar-refractivity contribution in [2.75, 3.05) is 0 Å². The Morgan fingerprint density at radius 3 is 2.09 bits per heavy atom. The van der Waals surface area contributed by atoms with Crippen molar-refractivity contribution in [1.29, 1.82) is 0 Å². The number of aromatic nitrogens is 3. The van der Waals surface area contributed by atoms with E-state index < -0.39 is 5.97 Å². The number of carbonyl (C=O) groups is 1. The van der Waals surface area contributed by atoms with Gasteiger partial charge in [0.25, 0.3) is 0 Å². The van der Waals surface area contributed by atoms with Crippen molar-refractivity contribution < 1.29 is 9.90 Å². The normalized spacial score (nSPS) is 11.0. The molecule has 0 aliphatic heterocycles. The zero-order valence-electron chi connectivity index (χ0n) is 11.6. The van der Waals surface area contributed by atoms with Gasteiger partial charge in [0.1, 0.15) is 16.9 Å². The number of pyridine rings is 1. The number of carboxylic acid groups (broad SMARTS) is 1. The number of carboxylic acids is 1. The van der Waals surface area contributed by atoms with Crippen LogP contribution in [0.5, 0.6) is 0 Å². The predicted octanol–water partition coefficient (Wildman–Crippen LogP) is 4.18. The molecule has 4 heterocycles. The summed E-state index contributed by atoms with van der Waals surface area (Å²) in [5.74, 6) is -1.08. The number of fused-ring (bicyclic) bond motifs is 1. The van der Waals surface area contributed by atoms with E-state index in [0.29, 0.717) is 11.2 Å². The Bertz CT molecular complexity index is 996. The van der Waals surface area contributed by atoms with Gasteiger partial charge in [0, 0.05) is 0 Å². The van der Waals surface area contributed by atoms with E-state index in [1.807, 2.05) is 35.0 Å². The molecule has 0 aromatic carbocycles. The second kappa shape index (κ2) is 5.53. The van der Waals surface area contributed by atoms with E-state index in [4.69, 9.17) is 5.11 Å². The lowest BCUT2D eigenvalue weighted by molar-refractivity contribution is 0.0691. The maximum absolute atomic E-state index is 11.1. The molecule has 5 nitrogen and oxygen atoms in total. The van der Waals surface area contributed by atoms with Gasteiger partial charge >= 0.3 is 5.97 Å². The molecule has 4 aromatic rings. The molecular formula is C16H9N3O2S2. The van der Waals surface area contributed by atoms with E-state index in [2.05, 4.69) is 15.0 Å². The summed E-state index contributed by atoms with van der Waals surface area (Å²) >= 11 is 3.16. The first-order valence-corrected chi connectivity index (χ1v) is 8.48. The lowest BCUT2D eigenvalue weighted by Crippen LogP contribution is -2.02. The zero-order valence-corrected chi connectivity index (χ0v) is 13.3. The summed E-state index contributed by atoms with van der Waals surface area (Å²) in [6, 6.07) is 11.0. The Morgan fingerprint density at radius 2 is 1.52 bits per heavy atom. The number of nitrogens with zero attached hydrogens (tertiary/aromatic N) is 3. The SMILES string of the molecule is O=C(O)c1ccc2nc(-c3cccs3)c(-c3cccs3)nc2n1. The maximum Gasteiger partial charge on any atom is 0.354 e. The quantitative estimate of drug-likeness (QED) is 0.606. The van der Waals surface area contributed by atoms with Crippen LogP contribution in [0.15, 0.2) is 47.2 Å². The van der Waals surface area contributed by atoms with Crippen LogP contribution in [-0.4, -0.2) is 26.0 Å². The third kappa shape index (κ3) is 2.49. The molecule has 0 bridgehead atoms. The molecule has 23 heavy (non-hydrogen) atoms. The van der Waals surface area contributed by atoms with Crippen LogP contribution in [0.1, 0.15) is 10.5 Å². The minimum Gasteiger partial charge on any atom is -0.477 e. The van der Waals surface area contributed by atoms with Crippen LogP contribution in [0, 0.1) is 0 Å². The molecule has 0 aliphatic carbocycles. The zero-order chi connectivity index (χ0) is 15.8. The summed E-state index contributed by atoms with van der Waals surface area (Å²) in [5.41, 5.74) is 2.41. The molecule has 0 unspecified atom stereocenters. The summed E-state index contributed by atoms with van der Waals surface area (Å²) < 4.78 is 0. The van der Waals surface area contributed by atoms with E-state index in [9.17, 15) is 4.79 Å². The Labute approximate surface area is 138 Å². The largest absolute Gasteiger partial charge is 0.477 e. The lowest BCUT2D eigenvalue weighted by Gasteiger charge is -2.07. The second-order valence-electron chi connectivity index (χ2n) is 4.72. The van der Waals surface area contributed by atoms with Crippen molar-refractivity contribution in [1.82, 2.24) is 15.0 Å². The van der Waals surface area contributed by atoms with Gasteiger partial charge in [-0.15, -0.1) is 22.7 Å². The highest BCUT2D eigenvalue weighted by Gasteiger charge is 2.16. The highest BCUT2D eigenvalue weighted by molar-refractivity contribution is 7.14. The third-order valence-corrected chi connectivity index (χ3v) is 5.01. The van der Waals surface area contributed by atoms with E-state index in [1.54, 1.807) is 28.7 Å². The first-order chi connectivity index (χ1) is 11.2. The summed E-state index contributed by atoms with van der Waals surface area (Å²) in [6.45, 7) is 0. The average molecular weight is 339 g/mol. The van der Waals surface area contributed by atoms with Gasteiger partial charge in [-0.05, 0) is 35.0 Å². The monoisotopic (exact) mass is 339 g/mol. The minimum atomic E-state index is -1.08. The fourth-order valence-corrected chi connectivity index (χ4v) is 3.66. The number of rotatable bonds is 3. The summed E-state index contributed by atoms with van der Waals surface area (Å²) in [6.07, 6.45) is 0. The Morgan fingerprint density at radius 1 is 0.870 bits per heavy atom. The van der Waals surface area contributed by atoms with Gasteiger partial charge < -0.3 is 5.11 Å². The smallest absolute Gasteiger partial charge is 0.354 e. The number of hydrogen-bond acceptors (Lipinski definition) is 6. The fourth-order valence-electron chi connectivity index (χ4n) is 2.23. The van der Waals surface area contributed by atoms with Crippen molar-refractivity contribution in [3.05, 3.63) is 52.9 Å². The average Bonchev–Trinajstić information content (AvgIpc) is 3.26. The molecule has 0 saturated carbocycles. The van der Waals surface area contributed by atoms with Crippen molar-refractivity contribution in [3.63, 3.8) is 0 Å². The summed E-state index contributed by atoms with van der Waals surface area (Å²) in [7, 11) is 0. The molecule has 0 aliphatic rings. The van der Waals surface area contributed by atoms with Gasteiger partial charge in [-0.1, -0.05) is 12.1 Å². The molecule has 0 saturated heterocycles. The van der Waals surface area contributed by atoms with Crippen molar-refractivity contribution in [2.24, 2.45) is 0 Å². The van der Waals surface area contributed by atoms with Gasteiger partial charge in [-0.3, -0.25) is 0 Å². The van der Waals surface area contributed by atoms with Crippen LogP contribution in [0.4, 0.5) is 0 Å². The van der Waals surface area contributed by atoms with Crippen molar-refractivity contribution in [3.8, 4) is 21.1 Å². The van der Waals surface area contributed by atoms with Crippen LogP contribution in [-0.2, 0) is 0 Å². The highest BCUT2D eigenvalue weighted by atomic mass is 32.1. The summed E-state index contributed by atoms with van der Waals surface area (Å²) in [5, 5.41) is 13.1. The number of hydrogen-bond donors (Lipinski definition) is 1. The fraction of sp³-hybridized carbons (Fsp3) is 0. The van der Waals surface area contributed by atoms with Crippen LogP contribution in [0.25, 0.3) is 32.3 Å². The first kappa shape index (κ1) is 14.0. The predicted molar refractivity (Wildman–Crippen MR) is 90.9 cm³/mol. The number of aromatic carboxylic acids is 1. The first-order valence-electron chi connectivity index (χ1n) is 6.72. The topological polar surface area (TPSA) is 76.0 Å². The molecule has 0 amide bonds. The summed E-state index contributed by atoms with van der Waals surface area (Å²) in [4.78, 5) is 26.5. The molecular weight excluding hydrogens is 330 g/mol. The molecule has 7 heteroatoms. The molecule has 0 spiro atoms. The van der Waals surface area contributed by atoms with E-state index in [1.165, 1.54) is 6.07 Å². The van der Waals surface area contributed by atoms with Gasteiger partial charge in [0.05, 0.1) is 9.75 Å². The Hall–Kier alpha value is -2.64. The van der Waals surface area contributed by atoms with E-state index >= 15 is 0 Å². The molecule has 4 rings (SSSR count). The molecule has 4 aromatic heterocycles. The third-order valence-electron chi connectivity index (χ3n) is 3.26. The maximum atomic E-state index is 11.1. The van der Waals surface area contributed by atoms with Gasteiger partial charge in [0.15, 0.2) is 11.3 Å². The van der Waals surface area contributed by atoms with E-state index in [0.717, 1.165) is 21.1 Å². The molecule has 0 radical (unpaired) electrons. The minimum absolute atomic E-state index is 0.0344. The van der Waals surface area contributed by atoms with Crippen molar-refractivity contribution in [2.45, 2.75) is 0 Å². The highest BCUT2D eigenvalue weighted by Crippen LogP contribution is 2.35. The standard InChI is InChI=1S/C16H9N3O2S2/c20-16(21)10-6-5-9-15(18-10)19-14(12-4-2-8-23-12)13(17-9)11-3-1-7-22-11/h1-8H,(H,20,21). The molecule has 1 N–H and O–H groups in total. The molecule has 0 fully saturated rings. The van der Waals surface area contributed by atoms with Gasteiger partial charge in [-0.2, -0.15) is 0 Å².